The van der Waals surface area contributed by atoms with E-state index in [0.29, 0.717) is 0 Å². The van der Waals surface area contributed by atoms with E-state index in [4.69, 9.17) is 0 Å². The molecule has 24 heavy (non-hydrogen) atoms. The summed E-state index contributed by atoms with van der Waals surface area (Å²) in [5, 5.41) is 4.68. The summed E-state index contributed by atoms with van der Waals surface area (Å²) in [7, 11) is 0. The zero-order valence-corrected chi connectivity index (χ0v) is 12.4. The fourth-order valence-electron chi connectivity index (χ4n) is 1.91. The Hall–Kier alpha value is -2.90. The Morgan fingerprint density at radius 3 is 2.12 bits per heavy atom. The molecule has 126 valence electrons. The van der Waals surface area contributed by atoms with Crippen molar-refractivity contribution < 1.29 is 27.2 Å². The monoisotopic (exact) mass is 340 g/mol. The van der Waals surface area contributed by atoms with Gasteiger partial charge in [-0.3, -0.25) is 9.59 Å². The van der Waals surface area contributed by atoms with Crippen molar-refractivity contribution >= 4 is 23.2 Å². The molecule has 2 amide bonds. The highest BCUT2D eigenvalue weighted by Gasteiger charge is 2.30. The number of benzene rings is 2. The number of hydrogen-bond acceptors (Lipinski definition) is 2. The molecule has 0 heterocycles. The van der Waals surface area contributed by atoms with Gasteiger partial charge in [-0.15, -0.1) is 0 Å². The molecule has 0 aliphatic heterocycles. The van der Waals surface area contributed by atoms with Crippen LogP contribution in [0, 0.1) is 5.82 Å². The van der Waals surface area contributed by atoms with E-state index in [2.05, 4.69) is 10.6 Å². The minimum absolute atomic E-state index is 0.0627. The summed E-state index contributed by atoms with van der Waals surface area (Å²) >= 11 is 0. The van der Waals surface area contributed by atoms with Crippen molar-refractivity contribution in [2.45, 2.75) is 13.1 Å². The van der Waals surface area contributed by atoms with Gasteiger partial charge in [0.05, 0.1) is 11.3 Å². The van der Waals surface area contributed by atoms with Crippen molar-refractivity contribution in [1.29, 1.82) is 0 Å². The molecule has 2 aromatic carbocycles. The molecule has 0 spiro atoms. The molecule has 2 N–H and O–H groups in total. The van der Waals surface area contributed by atoms with Crippen LogP contribution >= 0.6 is 0 Å². The Labute approximate surface area is 134 Å². The van der Waals surface area contributed by atoms with Gasteiger partial charge in [0.15, 0.2) is 0 Å². The quantitative estimate of drug-likeness (QED) is 0.828. The number of carbonyl (C=O) groups excluding carboxylic acids is 2. The van der Waals surface area contributed by atoms with E-state index in [1.807, 2.05) is 0 Å². The fourth-order valence-corrected chi connectivity index (χ4v) is 1.91. The molecule has 8 heteroatoms. The lowest BCUT2D eigenvalue weighted by atomic mass is 10.1. The van der Waals surface area contributed by atoms with Gasteiger partial charge in [0.1, 0.15) is 5.82 Å². The average Bonchev–Trinajstić information content (AvgIpc) is 2.49. The summed E-state index contributed by atoms with van der Waals surface area (Å²) in [4.78, 5) is 23.0. The van der Waals surface area contributed by atoms with E-state index in [9.17, 15) is 27.2 Å². The summed E-state index contributed by atoms with van der Waals surface area (Å²) in [6, 6.07) is 7.08. The molecular weight excluding hydrogens is 328 g/mol. The topological polar surface area (TPSA) is 58.2 Å². The summed E-state index contributed by atoms with van der Waals surface area (Å²) in [5.41, 5.74) is -0.886. The lowest BCUT2D eigenvalue weighted by Crippen LogP contribution is -2.14. The predicted octanol–water partition coefficient (Wildman–Crippen LogP) is 4.06. The van der Waals surface area contributed by atoms with E-state index in [-0.39, 0.29) is 22.8 Å². The molecule has 2 aromatic rings. The maximum Gasteiger partial charge on any atom is 0.416 e. The van der Waals surface area contributed by atoms with Crippen molar-refractivity contribution in [1.82, 2.24) is 0 Å². The summed E-state index contributed by atoms with van der Waals surface area (Å²) in [6.07, 6.45) is -4.51. The molecular formula is C16H12F4N2O2. The second-order valence-corrected chi connectivity index (χ2v) is 4.91. The van der Waals surface area contributed by atoms with E-state index in [1.54, 1.807) is 0 Å². The maximum atomic E-state index is 13.7. The minimum Gasteiger partial charge on any atom is -0.326 e. The zero-order valence-electron chi connectivity index (χ0n) is 12.4. The van der Waals surface area contributed by atoms with E-state index in [1.165, 1.54) is 19.1 Å². The maximum absolute atomic E-state index is 13.7. The number of halogens is 4. The molecule has 0 aliphatic carbocycles. The molecule has 0 saturated carbocycles. The first-order valence-electron chi connectivity index (χ1n) is 6.72. The molecule has 0 atom stereocenters. The largest absolute Gasteiger partial charge is 0.416 e. The van der Waals surface area contributed by atoms with Gasteiger partial charge in [0, 0.05) is 18.2 Å². The van der Waals surface area contributed by atoms with Crippen molar-refractivity contribution in [2.24, 2.45) is 0 Å². The van der Waals surface area contributed by atoms with Crippen LogP contribution in [-0.4, -0.2) is 11.8 Å². The van der Waals surface area contributed by atoms with Crippen LogP contribution in [0.3, 0.4) is 0 Å². The Balaban J connectivity index is 2.18. The molecule has 4 nitrogen and oxygen atoms in total. The Bertz CT molecular complexity index is 771. The number of amides is 2. The van der Waals surface area contributed by atoms with Gasteiger partial charge in [-0.1, -0.05) is 0 Å². The Morgan fingerprint density at radius 2 is 1.58 bits per heavy atom. The first-order valence-corrected chi connectivity index (χ1v) is 6.72. The number of anilines is 2. The molecule has 0 saturated heterocycles. The first kappa shape index (κ1) is 17.5. The molecule has 0 radical (unpaired) electrons. The lowest BCUT2D eigenvalue weighted by molar-refractivity contribution is -0.137. The smallest absolute Gasteiger partial charge is 0.326 e. The van der Waals surface area contributed by atoms with Crippen LogP contribution in [0.1, 0.15) is 22.8 Å². The summed E-state index contributed by atoms with van der Waals surface area (Å²) < 4.78 is 51.2. The van der Waals surface area contributed by atoms with Crippen LogP contribution in [0.25, 0.3) is 0 Å². The van der Waals surface area contributed by atoms with Gasteiger partial charge in [-0.2, -0.15) is 13.2 Å². The normalized spacial score (nSPS) is 11.0. The minimum atomic E-state index is -4.51. The van der Waals surface area contributed by atoms with Gasteiger partial charge in [0.25, 0.3) is 5.91 Å². The van der Waals surface area contributed by atoms with Gasteiger partial charge in [-0.25, -0.2) is 4.39 Å². The Morgan fingerprint density at radius 1 is 0.958 bits per heavy atom. The zero-order chi connectivity index (χ0) is 17.9. The van der Waals surface area contributed by atoms with Crippen molar-refractivity contribution in [2.75, 3.05) is 10.6 Å². The van der Waals surface area contributed by atoms with E-state index >= 15 is 0 Å². The molecule has 0 aliphatic rings. The Kier molecular flexibility index (Phi) is 4.87. The second kappa shape index (κ2) is 6.69. The third kappa shape index (κ3) is 4.31. The third-order valence-electron chi connectivity index (χ3n) is 3.01. The van der Waals surface area contributed by atoms with Crippen molar-refractivity contribution in [3.05, 3.63) is 59.4 Å². The van der Waals surface area contributed by atoms with Gasteiger partial charge >= 0.3 is 6.18 Å². The molecule has 0 bridgehead atoms. The molecule has 0 aromatic heterocycles. The van der Waals surface area contributed by atoms with E-state index < -0.39 is 23.5 Å². The highest BCUT2D eigenvalue weighted by Crippen LogP contribution is 2.29. The van der Waals surface area contributed by atoms with Crippen LogP contribution in [0.15, 0.2) is 42.5 Å². The molecule has 2 rings (SSSR count). The van der Waals surface area contributed by atoms with Crippen LogP contribution in [0.5, 0.6) is 0 Å². The predicted molar refractivity (Wildman–Crippen MR) is 80.1 cm³/mol. The van der Waals surface area contributed by atoms with Gasteiger partial charge in [-0.05, 0) is 42.5 Å². The summed E-state index contributed by atoms with van der Waals surface area (Å²) in [6.45, 7) is 1.27. The third-order valence-corrected chi connectivity index (χ3v) is 3.01. The SMILES string of the molecule is CC(=O)Nc1ccc(F)c(NC(=O)c2ccc(C(F)(F)F)cc2)c1. The second-order valence-electron chi connectivity index (χ2n) is 4.91. The van der Waals surface area contributed by atoms with Crippen LogP contribution < -0.4 is 10.6 Å². The first-order chi connectivity index (χ1) is 11.2. The van der Waals surface area contributed by atoms with Crippen LogP contribution in [0.4, 0.5) is 28.9 Å². The van der Waals surface area contributed by atoms with E-state index in [0.717, 1.165) is 30.3 Å². The highest BCUT2D eigenvalue weighted by molar-refractivity contribution is 6.04. The number of nitrogens with one attached hydrogen (secondary N) is 2. The summed E-state index contributed by atoms with van der Waals surface area (Å²) in [5.74, 6) is -1.89. The number of rotatable bonds is 3. The van der Waals surface area contributed by atoms with Crippen molar-refractivity contribution in [3.8, 4) is 0 Å². The standard InChI is InChI=1S/C16H12F4N2O2/c1-9(23)21-12-6-7-13(17)14(8-12)22-15(24)10-2-4-11(5-3-10)16(18,19)20/h2-8H,1H3,(H,21,23)(H,22,24). The number of alkyl halides is 3. The van der Waals surface area contributed by atoms with Crippen LogP contribution in [-0.2, 0) is 11.0 Å². The van der Waals surface area contributed by atoms with Gasteiger partial charge < -0.3 is 10.6 Å². The average molecular weight is 340 g/mol. The fraction of sp³-hybridized carbons (Fsp3) is 0.125. The highest BCUT2D eigenvalue weighted by atomic mass is 19.4. The van der Waals surface area contributed by atoms with Gasteiger partial charge in [0.2, 0.25) is 5.91 Å². The number of hydrogen-bond donors (Lipinski definition) is 2. The van der Waals surface area contributed by atoms with Crippen molar-refractivity contribution in [3.63, 3.8) is 0 Å². The molecule has 0 fully saturated rings. The molecule has 0 unspecified atom stereocenters. The number of carbonyl (C=O) groups is 2. The lowest BCUT2D eigenvalue weighted by Gasteiger charge is -2.10. The van der Waals surface area contributed by atoms with Crippen LogP contribution in [0.2, 0.25) is 0 Å².